The fourth-order valence-corrected chi connectivity index (χ4v) is 4.16. The number of hydrogen-bond donors (Lipinski definition) is 2. The first-order valence-corrected chi connectivity index (χ1v) is 10.1. The summed E-state index contributed by atoms with van der Waals surface area (Å²) in [5, 5.41) is 7.84. The molecule has 2 aliphatic rings. The zero-order chi connectivity index (χ0) is 18.4. The van der Waals surface area contributed by atoms with E-state index in [0.717, 1.165) is 43.6 Å². The van der Waals surface area contributed by atoms with Crippen molar-refractivity contribution in [1.82, 2.24) is 15.5 Å². The van der Waals surface area contributed by atoms with Crippen LogP contribution in [-0.4, -0.2) is 56.3 Å². The SMILES string of the molecule is CN=C(NCC1(N2CCCC2)CCOCC1)NC(C)c1ccc(Cl)cc1.I. The smallest absolute Gasteiger partial charge is 0.191 e. The summed E-state index contributed by atoms with van der Waals surface area (Å²) in [5.74, 6) is 0.845. The molecule has 0 bridgehead atoms. The predicted molar refractivity (Wildman–Crippen MR) is 123 cm³/mol. The summed E-state index contributed by atoms with van der Waals surface area (Å²) in [6.45, 7) is 7.16. The van der Waals surface area contributed by atoms with Crippen LogP contribution in [0.4, 0.5) is 0 Å². The highest BCUT2D eigenvalue weighted by Gasteiger charge is 2.39. The highest BCUT2D eigenvalue weighted by atomic mass is 127. The number of rotatable bonds is 5. The summed E-state index contributed by atoms with van der Waals surface area (Å²) in [6.07, 6.45) is 4.79. The summed E-state index contributed by atoms with van der Waals surface area (Å²) >= 11 is 5.99. The molecule has 1 aromatic rings. The van der Waals surface area contributed by atoms with Gasteiger partial charge in [-0.25, -0.2) is 0 Å². The number of likely N-dealkylation sites (tertiary alicyclic amines) is 1. The first-order valence-electron chi connectivity index (χ1n) is 9.68. The number of halogens is 2. The van der Waals surface area contributed by atoms with Crippen LogP contribution in [0.5, 0.6) is 0 Å². The molecule has 27 heavy (non-hydrogen) atoms. The van der Waals surface area contributed by atoms with E-state index in [-0.39, 0.29) is 35.6 Å². The van der Waals surface area contributed by atoms with Crippen LogP contribution in [0.15, 0.2) is 29.3 Å². The molecule has 1 unspecified atom stereocenters. The van der Waals surface area contributed by atoms with Gasteiger partial charge < -0.3 is 15.4 Å². The summed E-state index contributed by atoms with van der Waals surface area (Å²) in [7, 11) is 1.83. The lowest BCUT2D eigenvalue weighted by atomic mass is 9.88. The average Bonchev–Trinajstić information content (AvgIpc) is 3.22. The molecule has 0 saturated carbocycles. The zero-order valence-electron chi connectivity index (χ0n) is 16.3. The number of ether oxygens (including phenoxy) is 1. The normalized spacial score (nSPS) is 21.4. The van der Waals surface area contributed by atoms with Crippen LogP contribution < -0.4 is 10.6 Å². The zero-order valence-corrected chi connectivity index (χ0v) is 19.4. The molecule has 0 aliphatic carbocycles. The fraction of sp³-hybridized carbons (Fsp3) is 0.650. The van der Waals surface area contributed by atoms with Gasteiger partial charge in [-0.1, -0.05) is 23.7 Å². The van der Waals surface area contributed by atoms with Crippen LogP contribution in [-0.2, 0) is 4.74 Å². The van der Waals surface area contributed by atoms with Crippen LogP contribution >= 0.6 is 35.6 Å². The monoisotopic (exact) mass is 506 g/mol. The molecule has 7 heteroatoms. The Labute approximate surface area is 185 Å². The van der Waals surface area contributed by atoms with Crippen LogP contribution in [0.3, 0.4) is 0 Å². The first kappa shape index (κ1) is 22.7. The Bertz CT molecular complexity index is 599. The molecule has 2 fully saturated rings. The van der Waals surface area contributed by atoms with Crippen molar-refractivity contribution >= 4 is 41.5 Å². The Morgan fingerprint density at radius 3 is 2.44 bits per heavy atom. The van der Waals surface area contributed by atoms with Gasteiger partial charge in [0, 0.05) is 37.4 Å². The Balaban J connectivity index is 0.00000261. The Hall–Kier alpha value is -0.570. The van der Waals surface area contributed by atoms with E-state index >= 15 is 0 Å². The Morgan fingerprint density at radius 2 is 1.85 bits per heavy atom. The third kappa shape index (κ3) is 5.95. The van der Waals surface area contributed by atoms with Crippen LogP contribution in [0.25, 0.3) is 0 Å². The number of guanidine groups is 1. The van der Waals surface area contributed by atoms with Crippen molar-refractivity contribution in [2.24, 2.45) is 4.99 Å². The molecule has 5 nitrogen and oxygen atoms in total. The highest BCUT2D eigenvalue weighted by molar-refractivity contribution is 14.0. The lowest BCUT2D eigenvalue weighted by Crippen LogP contribution is -2.58. The van der Waals surface area contributed by atoms with Gasteiger partial charge in [0.1, 0.15) is 0 Å². The van der Waals surface area contributed by atoms with Crippen LogP contribution in [0, 0.1) is 0 Å². The van der Waals surface area contributed by atoms with E-state index in [1.165, 1.54) is 31.5 Å². The van der Waals surface area contributed by atoms with Crippen LogP contribution in [0.1, 0.15) is 44.2 Å². The number of nitrogens with one attached hydrogen (secondary N) is 2. The van der Waals surface area contributed by atoms with Crippen molar-refractivity contribution in [2.45, 2.75) is 44.2 Å². The summed E-state index contributed by atoms with van der Waals surface area (Å²) < 4.78 is 5.64. The van der Waals surface area contributed by atoms with Gasteiger partial charge in [-0.2, -0.15) is 0 Å². The van der Waals surface area contributed by atoms with Gasteiger partial charge >= 0.3 is 0 Å². The quantitative estimate of drug-likeness (QED) is 0.362. The minimum absolute atomic E-state index is 0. The van der Waals surface area contributed by atoms with Gasteiger partial charge in [-0.3, -0.25) is 9.89 Å². The van der Waals surface area contributed by atoms with Gasteiger partial charge in [0.15, 0.2) is 5.96 Å². The predicted octanol–water partition coefficient (Wildman–Crippen LogP) is 3.83. The maximum absolute atomic E-state index is 5.99. The molecule has 3 rings (SSSR count). The molecular formula is C20H32ClIN4O. The van der Waals surface area contributed by atoms with Gasteiger partial charge in [-0.15, -0.1) is 24.0 Å². The standard InChI is InChI=1S/C20H31ClN4O.HI/c1-16(17-5-7-18(21)8-6-17)24-19(22-2)23-15-20(9-13-26-14-10-20)25-11-3-4-12-25;/h5-8,16H,3-4,9-15H2,1-2H3,(H2,22,23,24);1H. The van der Waals surface area contributed by atoms with E-state index < -0.39 is 0 Å². The number of hydrogen-bond acceptors (Lipinski definition) is 3. The maximum atomic E-state index is 5.99. The van der Waals surface area contributed by atoms with Gasteiger partial charge in [0.25, 0.3) is 0 Å². The second-order valence-electron chi connectivity index (χ2n) is 7.37. The summed E-state index contributed by atoms with van der Waals surface area (Å²) in [5.41, 5.74) is 1.38. The van der Waals surface area contributed by atoms with E-state index in [9.17, 15) is 0 Å². The molecule has 2 aliphatic heterocycles. The molecular weight excluding hydrogens is 475 g/mol. The van der Waals surface area contributed by atoms with Crippen molar-refractivity contribution < 1.29 is 4.74 Å². The van der Waals surface area contributed by atoms with Gasteiger partial charge in [-0.05, 0) is 63.4 Å². The molecule has 0 radical (unpaired) electrons. The molecule has 2 saturated heterocycles. The molecule has 1 atom stereocenters. The largest absolute Gasteiger partial charge is 0.381 e. The summed E-state index contributed by atoms with van der Waals surface area (Å²) in [4.78, 5) is 7.10. The van der Waals surface area contributed by atoms with Gasteiger partial charge in [0.05, 0.1) is 6.04 Å². The average molecular weight is 507 g/mol. The molecule has 2 heterocycles. The van der Waals surface area contributed by atoms with Crippen molar-refractivity contribution in [3.05, 3.63) is 34.9 Å². The van der Waals surface area contributed by atoms with Crippen molar-refractivity contribution in [2.75, 3.05) is 39.9 Å². The third-order valence-electron chi connectivity index (χ3n) is 5.73. The molecule has 0 amide bonds. The van der Waals surface area contributed by atoms with Crippen molar-refractivity contribution in [3.8, 4) is 0 Å². The minimum Gasteiger partial charge on any atom is -0.381 e. The minimum atomic E-state index is 0. The molecule has 0 spiro atoms. The third-order valence-corrected chi connectivity index (χ3v) is 5.98. The molecule has 0 aromatic heterocycles. The highest BCUT2D eigenvalue weighted by Crippen LogP contribution is 2.30. The fourth-order valence-electron chi connectivity index (χ4n) is 4.03. The van der Waals surface area contributed by atoms with Crippen LogP contribution in [0.2, 0.25) is 5.02 Å². The Morgan fingerprint density at radius 1 is 1.22 bits per heavy atom. The van der Waals surface area contributed by atoms with E-state index in [1.807, 2.05) is 19.2 Å². The first-order chi connectivity index (χ1) is 12.6. The molecule has 2 N–H and O–H groups in total. The van der Waals surface area contributed by atoms with E-state index in [2.05, 4.69) is 39.6 Å². The lowest BCUT2D eigenvalue weighted by molar-refractivity contribution is -0.0164. The number of nitrogens with zero attached hydrogens (tertiary/aromatic N) is 2. The second kappa shape index (κ2) is 10.8. The second-order valence-corrected chi connectivity index (χ2v) is 7.81. The lowest BCUT2D eigenvalue weighted by Gasteiger charge is -2.45. The van der Waals surface area contributed by atoms with E-state index in [4.69, 9.17) is 16.3 Å². The molecule has 1 aromatic carbocycles. The topological polar surface area (TPSA) is 48.9 Å². The van der Waals surface area contributed by atoms with Crippen molar-refractivity contribution in [3.63, 3.8) is 0 Å². The van der Waals surface area contributed by atoms with E-state index in [1.54, 1.807) is 0 Å². The maximum Gasteiger partial charge on any atom is 0.191 e. The van der Waals surface area contributed by atoms with Crippen molar-refractivity contribution in [1.29, 1.82) is 0 Å². The number of aliphatic imine (C=N–C) groups is 1. The Kier molecular flexibility index (Phi) is 9.11. The van der Waals surface area contributed by atoms with Gasteiger partial charge in [0.2, 0.25) is 0 Å². The molecule has 152 valence electrons. The van der Waals surface area contributed by atoms with E-state index in [0.29, 0.717) is 0 Å². The summed E-state index contributed by atoms with van der Waals surface area (Å²) in [6, 6.07) is 8.12. The number of benzene rings is 1.